The molecule has 1 aromatic rings. The molecule has 0 amide bonds. The molecule has 0 saturated heterocycles. The predicted octanol–water partition coefficient (Wildman–Crippen LogP) is 4.89. The first-order valence-electron chi connectivity index (χ1n) is 7.70. The standard InChI is InChI=1S/C17H25F2N/c1-11-7-5-4-6-8-17(11)20-13(3)14-10-15(18)12(2)9-16(14)19/h9-11,13,17,20H,4-8H2,1-3H3. The molecule has 3 unspecified atom stereocenters. The fraction of sp³-hybridized carbons (Fsp3) is 0.647. The fourth-order valence-electron chi connectivity index (χ4n) is 3.15. The lowest BCUT2D eigenvalue weighted by Crippen LogP contribution is -2.36. The largest absolute Gasteiger partial charge is 0.307 e. The van der Waals surface area contributed by atoms with Gasteiger partial charge in [-0.15, -0.1) is 0 Å². The lowest BCUT2D eigenvalue weighted by molar-refractivity contribution is 0.326. The average molecular weight is 281 g/mol. The molecule has 1 aliphatic rings. The fourth-order valence-corrected chi connectivity index (χ4v) is 3.15. The first-order valence-corrected chi connectivity index (χ1v) is 7.70. The summed E-state index contributed by atoms with van der Waals surface area (Å²) in [6, 6.07) is 2.87. The minimum Gasteiger partial charge on any atom is -0.307 e. The highest BCUT2D eigenvalue weighted by molar-refractivity contribution is 5.27. The first kappa shape index (κ1) is 15.4. The van der Waals surface area contributed by atoms with Gasteiger partial charge in [-0.2, -0.15) is 0 Å². The molecule has 1 N–H and O–H groups in total. The molecule has 1 aromatic carbocycles. The third kappa shape index (κ3) is 3.57. The molecule has 0 radical (unpaired) electrons. The molecule has 0 spiro atoms. The Balaban J connectivity index is 2.11. The van der Waals surface area contributed by atoms with Crippen LogP contribution >= 0.6 is 0 Å². The van der Waals surface area contributed by atoms with Gasteiger partial charge in [-0.05, 0) is 50.3 Å². The van der Waals surface area contributed by atoms with Gasteiger partial charge in [0.1, 0.15) is 11.6 Å². The second kappa shape index (κ2) is 6.66. The molecule has 112 valence electrons. The summed E-state index contributed by atoms with van der Waals surface area (Å²) in [7, 11) is 0. The smallest absolute Gasteiger partial charge is 0.128 e. The highest BCUT2D eigenvalue weighted by Crippen LogP contribution is 2.27. The average Bonchev–Trinajstić information content (AvgIpc) is 2.59. The van der Waals surface area contributed by atoms with Crippen molar-refractivity contribution in [2.75, 3.05) is 0 Å². The topological polar surface area (TPSA) is 12.0 Å². The summed E-state index contributed by atoms with van der Waals surface area (Å²) in [5.74, 6) is -0.0487. The van der Waals surface area contributed by atoms with Gasteiger partial charge in [-0.3, -0.25) is 0 Å². The maximum atomic E-state index is 14.0. The summed E-state index contributed by atoms with van der Waals surface area (Å²) in [5.41, 5.74) is 0.797. The molecule has 1 nitrogen and oxygen atoms in total. The monoisotopic (exact) mass is 281 g/mol. The quantitative estimate of drug-likeness (QED) is 0.778. The van der Waals surface area contributed by atoms with Gasteiger partial charge in [-0.1, -0.05) is 26.2 Å². The zero-order valence-corrected chi connectivity index (χ0v) is 12.7. The van der Waals surface area contributed by atoms with Crippen LogP contribution in [0.4, 0.5) is 8.78 Å². The lowest BCUT2D eigenvalue weighted by Gasteiger charge is -2.27. The summed E-state index contributed by atoms with van der Waals surface area (Å²) < 4.78 is 27.7. The van der Waals surface area contributed by atoms with Crippen LogP contribution < -0.4 is 5.32 Å². The summed E-state index contributed by atoms with van der Waals surface area (Å²) in [6.07, 6.45) is 6.13. The van der Waals surface area contributed by atoms with Crippen molar-refractivity contribution in [1.29, 1.82) is 0 Å². The summed E-state index contributed by atoms with van der Waals surface area (Å²) in [4.78, 5) is 0. The van der Waals surface area contributed by atoms with Crippen LogP contribution in [0, 0.1) is 24.5 Å². The van der Waals surface area contributed by atoms with E-state index in [1.807, 2.05) is 6.92 Å². The van der Waals surface area contributed by atoms with Gasteiger partial charge in [0, 0.05) is 17.6 Å². The molecule has 0 aromatic heterocycles. The van der Waals surface area contributed by atoms with Crippen molar-refractivity contribution in [3.05, 3.63) is 34.9 Å². The minimum atomic E-state index is -0.330. The van der Waals surface area contributed by atoms with Gasteiger partial charge in [-0.25, -0.2) is 8.78 Å². The van der Waals surface area contributed by atoms with Crippen LogP contribution in [0.2, 0.25) is 0 Å². The van der Waals surface area contributed by atoms with Crippen LogP contribution in [-0.2, 0) is 0 Å². The number of halogens is 2. The van der Waals surface area contributed by atoms with Gasteiger partial charge in [0.2, 0.25) is 0 Å². The molecule has 2 rings (SSSR count). The van der Waals surface area contributed by atoms with E-state index in [1.54, 1.807) is 6.92 Å². The molecular weight excluding hydrogens is 256 g/mol. The zero-order chi connectivity index (χ0) is 14.7. The second-order valence-corrected chi connectivity index (χ2v) is 6.23. The van der Waals surface area contributed by atoms with E-state index in [9.17, 15) is 8.78 Å². The summed E-state index contributed by atoms with van der Waals surface area (Å²) in [6.45, 7) is 5.76. The number of nitrogens with one attached hydrogen (secondary N) is 1. The Bertz CT molecular complexity index is 459. The molecule has 1 fully saturated rings. The molecule has 3 heteroatoms. The Hall–Kier alpha value is -0.960. The van der Waals surface area contributed by atoms with Crippen LogP contribution in [0.25, 0.3) is 0 Å². The normalized spacial score (nSPS) is 25.2. The van der Waals surface area contributed by atoms with Gasteiger partial charge in [0.25, 0.3) is 0 Å². The van der Waals surface area contributed by atoms with Crippen molar-refractivity contribution in [1.82, 2.24) is 5.32 Å². The van der Waals surface area contributed by atoms with Gasteiger partial charge in [0.05, 0.1) is 0 Å². The van der Waals surface area contributed by atoms with Crippen LogP contribution in [0.3, 0.4) is 0 Å². The van der Waals surface area contributed by atoms with Gasteiger partial charge >= 0.3 is 0 Å². The molecule has 0 heterocycles. The third-order valence-electron chi connectivity index (χ3n) is 4.57. The number of hydrogen-bond acceptors (Lipinski definition) is 1. The van der Waals surface area contributed by atoms with E-state index < -0.39 is 0 Å². The van der Waals surface area contributed by atoms with Crippen LogP contribution in [0.1, 0.15) is 63.1 Å². The van der Waals surface area contributed by atoms with E-state index in [0.29, 0.717) is 23.1 Å². The van der Waals surface area contributed by atoms with Gasteiger partial charge < -0.3 is 5.32 Å². The molecule has 0 aliphatic heterocycles. The number of rotatable bonds is 3. The van der Waals surface area contributed by atoms with Crippen LogP contribution in [0.5, 0.6) is 0 Å². The Morgan fingerprint density at radius 3 is 2.55 bits per heavy atom. The van der Waals surface area contributed by atoms with Gasteiger partial charge in [0.15, 0.2) is 0 Å². The Morgan fingerprint density at radius 2 is 1.80 bits per heavy atom. The van der Waals surface area contributed by atoms with E-state index in [2.05, 4.69) is 12.2 Å². The lowest BCUT2D eigenvalue weighted by atomic mass is 9.95. The maximum absolute atomic E-state index is 14.0. The molecule has 1 saturated carbocycles. The minimum absolute atomic E-state index is 0.157. The SMILES string of the molecule is Cc1cc(F)c(C(C)NC2CCCCCC2C)cc1F. The number of hydrogen-bond donors (Lipinski definition) is 1. The Labute approximate surface area is 120 Å². The molecule has 1 aliphatic carbocycles. The van der Waals surface area contributed by atoms with E-state index in [1.165, 1.54) is 37.8 Å². The van der Waals surface area contributed by atoms with Crippen LogP contribution in [-0.4, -0.2) is 6.04 Å². The highest BCUT2D eigenvalue weighted by Gasteiger charge is 2.23. The first-order chi connectivity index (χ1) is 9.49. The number of benzene rings is 1. The van der Waals surface area contributed by atoms with E-state index in [-0.39, 0.29) is 17.7 Å². The van der Waals surface area contributed by atoms with Crippen molar-refractivity contribution in [3.63, 3.8) is 0 Å². The zero-order valence-electron chi connectivity index (χ0n) is 12.7. The molecule has 20 heavy (non-hydrogen) atoms. The molecule has 0 bridgehead atoms. The summed E-state index contributed by atoms with van der Waals surface area (Å²) >= 11 is 0. The van der Waals surface area contributed by atoms with Crippen molar-refractivity contribution in [2.24, 2.45) is 5.92 Å². The molecular formula is C17H25F2N. The van der Waals surface area contributed by atoms with Crippen molar-refractivity contribution < 1.29 is 8.78 Å². The number of aryl methyl sites for hydroxylation is 1. The Morgan fingerprint density at radius 1 is 1.10 bits per heavy atom. The van der Waals surface area contributed by atoms with Crippen molar-refractivity contribution in [2.45, 2.75) is 65.0 Å². The van der Waals surface area contributed by atoms with E-state index >= 15 is 0 Å². The highest BCUT2D eigenvalue weighted by atomic mass is 19.1. The van der Waals surface area contributed by atoms with Crippen LogP contribution in [0.15, 0.2) is 12.1 Å². The van der Waals surface area contributed by atoms with E-state index in [4.69, 9.17) is 0 Å². The predicted molar refractivity (Wildman–Crippen MR) is 78.7 cm³/mol. The van der Waals surface area contributed by atoms with Crippen molar-refractivity contribution in [3.8, 4) is 0 Å². The summed E-state index contributed by atoms with van der Waals surface area (Å²) in [5, 5.41) is 3.51. The third-order valence-corrected chi connectivity index (χ3v) is 4.57. The second-order valence-electron chi connectivity index (χ2n) is 6.23. The van der Waals surface area contributed by atoms with E-state index in [0.717, 1.165) is 6.42 Å². The maximum Gasteiger partial charge on any atom is 0.128 e. The molecule has 3 atom stereocenters. The van der Waals surface area contributed by atoms with Crippen molar-refractivity contribution >= 4 is 0 Å². The Kier molecular flexibility index (Phi) is 5.14.